The van der Waals surface area contributed by atoms with Gasteiger partial charge in [0.2, 0.25) is 5.91 Å². The highest BCUT2D eigenvalue weighted by Crippen LogP contribution is 2.26. The van der Waals surface area contributed by atoms with Crippen molar-refractivity contribution >= 4 is 40.8 Å². The van der Waals surface area contributed by atoms with Crippen molar-refractivity contribution < 1.29 is 9.59 Å². The molecule has 0 radical (unpaired) electrons. The molecule has 5 nitrogen and oxygen atoms in total. The molecule has 160 valence electrons. The molecular weight excluding hydrogens is 406 g/mol. The van der Waals surface area contributed by atoms with Crippen molar-refractivity contribution in [2.24, 2.45) is 0 Å². The Bertz CT molecular complexity index is 1000. The fourth-order valence-electron chi connectivity index (χ4n) is 2.88. The Hall–Kier alpha value is -3.25. The van der Waals surface area contributed by atoms with Gasteiger partial charge in [-0.3, -0.25) is 4.79 Å². The molecule has 0 aromatic heterocycles. The van der Waals surface area contributed by atoms with Crippen LogP contribution in [0.15, 0.2) is 83.8 Å². The van der Waals surface area contributed by atoms with Gasteiger partial charge in [0.15, 0.2) is 0 Å². The minimum Gasteiger partial charge on any atom is -0.325 e. The van der Waals surface area contributed by atoms with Crippen LogP contribution in [0.5, 0.6) is 0 Å². The normalized spacial score (nSPS) is 11.6. The molecule has 0 aliphatic heterocycles. The van der Waals surface area contributed by atoms with Crippen molar-refractivity contribution in [2.45, 2.75) is 36.8 Å². The number of amides is 3. The number of thioether (sulfide) groups is 1. The molecule has 31 heavy (non-hydrogen) atoms. The lowest BCUT2D eigenvalue weighted by atomic mass is 10.0. The highest BCUT2D eigenvalue weighted by molar-refractivity contribution is 8.00. The monoisotopic (exact) mass is 433 g/mol. The van der Waals surface area contributed by atoms with Gasteiger partial charge in [-0.05, 0) is 66.9 Å². The molecule has 1 atom stereocenters. The van der Waals surface area contributed by atoms with Gasteiger partial charge < -0.3 is 16.0 Å². The number of para-hydroxylation sites is 1. The second-order valence-corrected chi connectivity index (χ2v) is 8.91. The number of urea groups is 1. The number of anilines is 3. The number of nitrogens with one attached hydrogen (secondary N) is 3. The zero-order valence-corrected chi connectivity index (χ0v) is 18.7. The second-order valence-electron chi connectivity index (χ2n) is 7.50. The predicted octanol–water partition coefficient (Wildman–Crippen LogP) is 6.57. The zero-order chi connectivity index (χ0) is 22.2. The van der Waals surface area contributed by atoms with Gasteiger partial charge in [-0.15, -0.1) is 11.8 Å². The summed E-state index contributed by atoms with van der Waals surface area (Å²) in [6, 6.07) is 24.3. The number of hydrogen-bond acceptors (Lipinski definition) is 3. The van der Waals surface area contributed by atoms with Crippen molar-refractivity contribution in [1.29, 1.82) is 0 Å². The molecule has 0 aliphatic rings. The van der Waals surface area contributed by atoms with E-state index in [9.17, 15) is 9.59 Å². The summed E-state index contributed by atoms with van der Waals surface area (Å²) in [6.07, 6.45) is 0. The van der Waals surface area contributed by atoms with Crippen molar-refractivity contribution in [3.05, 3.63) is 84.4 Å². The van der Waals surface area contributed by atoms with E-state index >= 15 is 0 Å². The van der Waals surface area contributed by atoms with Crippen LogP contribution in [0.2, 0.25) is 0 Å². The van der Waals surface area contributed by atoms with Crippen molar-refractivity contribution in [3.63, 3.8) is 0 Å². The van der Waals surface area contributed by atoms with Crippen LogP contribution in [0, 0.1) is 0 Å². The van der Waals surface area contributed by atoms with Gasteiger partial charge >= 0.3 is 6.03 Å². The highest BCUT2D eigenvalue weighted by Gasteiger charge is 2.15. The van der Waals surface area contributed by atoms with E-state index in [-0.39, 0.29) is 17.2 Å². The van der Waals surface area contributed by atoms with E-state index in [0.717, 1.165) is 16.3 Å². The Balaban J connectivity index is 1.50. The second kappa shape index (κ2) is 10.7. The number of carbonyl (C=O) groups is 2. The average Bonchev–Trinajstić information content (AvgIpc) is 2.76. The fourth-order valence-corrected chi connectivity index (χ4v) is 3.75. The van der Waals surface area contributed by atoms with E-state index in [1.54, 1.807) is 0 Å². The maximum absolute atomic E-state index is 12.5. The maximum atomic E-state index is 12.5. The van der Waals surface area contributed by atoms with Crippen LogP contribution in [0.4, 0.5) is 21.9 Å². The summed E-state index contributed by atoms with van der Waals surface area (Å²) >= 11 is 1.47. The van der Waals surface area contributed by atoms with Crippen molar-refractivity contribution in [1.82, 2.24) is 0 Å². The molecule has 0 heterocycles. The Morgan fingerprint density at radius 1 is 0.677 bits per heavy atom. The summed E-state index contributed by atoms with van der Waals surface area (Å²) in [7, 11) is 0. The maximum Gasteiger partial charge on any atom is 0.323 e. The topological polar surface area (TPSA) is 70.2 Å². The molecule has 3 rings (SSSR count). The third-order valence-electron chi connectivity index (χ3n) is 4.67. The lowest BCUT2D eigenvalue weighted by molar-refractivity contribution is -0.115. The van der Waals surface area contributed by atoms with Gasteiger partial charge in [0, 0.05) is 22.0 Å². The molecule has 0 bridgehead atoms. The van der Waals surface area contributed by atoms with Gasteiger partial charge in [-0.1, -0.05) is 44.2 Å². The van der Waals surface area contributed by atoms with Gasteiger partial charge in [0.1, 0.15) is 0 Å². The smallest absolute Gasteiger partial charge is 0.323 e. The minimum atomic E-state index is -0.303. The molecule has 3 amide bonds. The van der Waals surface area contributed by atoms with Crippen LogP contribution in [0.3, 0.4) is 0 Å². The molecule has 0 fully saturated rings. The zero-order valence-electron chi connectivity index (χ0n) is 17.9. The third kappa shape index (κ3) is 6.89. The van der Waals surface area contributed by atoms with Crippen LogP contribution in [-0.2, 0) is 4.79 Å². The Labute approximate surface area is 187 Å². The third-order valence-corrected chi connectivity index (χ3v) is 5.78. The first-order valence-electron chi connectivity index (χ1n) is 10.2. The standard InChI is InChI=1S/C25H27N3O2S/c1-17(2)19-9-11-21(12-10-19)26-24(29)18(3)31-23-15-13-22(14-16-23)28-25(30)27-20-7-5-4-6-8-20/h4-18H,1-3H3,(H,26,29)(H2,27,28,30). The number of carbonyl (C=O) groups excluding carboxylic acids is 2. The van der Waals surface area contributed by atoms with Gasteiger partial charge in [0.25, 0.3) is 0 Å². The van der Waals surface area contributed by atoms with Gasteiger partial charge in [-0.25, -0.2) is 4.79 Å². The molecule has 3 aromatic rings. The highest BCUT2D eigenvalue weighted by atomic mass is 32.2. The SMILES string of the molecule is CC(Sc1ccc(NC(=O)Nc2ccccc2)cc1)C(=O)Nc1ccc(C(C)C)cc1. The summed E-state index contributed by atoms with van der Waals surface area (Å²) in [5, 5.41) is 8.28. The average molecular weight is 434 g/mol. The van der Waals surface area contributed by atoms with Gasteiger partial charge in [-0.2, -0.15) is 0 Å². The summed E-state index contributed by atoms with van der Waals surface area (Å²) in [4.78, 5) is 25.6. The Morgan fingerprint density at radius 2 is 1.19 bits per heavy atom. The first kappa shape index (κ1) is 22.4. The molecule has 0 saturated carbocycles. The van der Waals surface area contributed by atoms with Crippen molar-refractivity contribution in [2.75, 3.05) is 16.0 Å². The lowest BCUT2D eigenvalue weighted by Crippen LogP contribution is -2.22. The van der Waals surface area contributed by atoms with Crippen LogP contribution in [-0.4, -0.2) is 17.2 Å². The fraction of sp³-hybridized carbons (Fsp3) is 0.200. The van der Waals surface area contributed by atoms with Crippen LogP contribution < -0.4 is 16.0 Å². The van der Waals surface area contributed by atoms with E-state index < -0.39 is 0 Å². The summed E-state index contributed by atoms with van der Waals surface area (Å²) < 4.78 is 0. The molecule has 0 saturated heterocycles. The Kier molecular flexibility index (Phi) is 7.73. The number of hydrogen-bond donors (Lipinski definition) is 3. The molecule has 0 aliphatic carbocycles. The molecule has 6 heteroatoms. The molecule has 3 aromatic carbocycles. The molecule has 0 spiro atoms. The Morgan fingerprint density at radius 3 is 1.77 bits per heavy atom. The summed E-state index contributed by atoms with van der Waals surface area (Å²) in [6.45, 7) is 6.16. The first-order valence-corrected chi connectivity index (χ1v) is 11.1. The lowest BCUT2D eigenvalue weighted by Gasteiger charge is -2.13. The van der Waals surface area contributed by atoms with Crippen LogP contribution >= 0.6 is 11.8 Å². The van der Waals surface area contributed by atoms with E-state index in [4.69, 9.17) is 0 Å². The summed E-state index contributed by atoms with van der Waals surface area (Å²) in [5.41, 5.74) is 3.45. The van der Waals surface area contributed by atoms with Gasteiger partial charge in [0.05, 0.1) is 5.25 Å². The van der Waals surface area contributed by atoms with E-state index in [0.29, 0.717) is 11.6 Å². The molecule has 1 unspecified atom stereocenters. The first-order chi connectivity index (χ1) is 14.9. The van der Waals surface area contributed by atoms with E-state index in [1.165, 1.54) is 17.3 Å². The molecule has 3 N–H and O–H groups in total. The van der Waals surface area contributed by atoms with E-state index in [2.05, 4.69) is 29.8 Å². The largest absolute Gasteiger partial charge is 0.325 e. The number of benzene rings is 3. The summed E-state index contributed by atoms with van der Waals surface area (Å²) in [5.74, 6) is 0.410. The van der Waals surface area contributed by atoms with Crippen LogP contribution in [0.25, 0.3) is 0 Å². The van der Waals surface area contributed by atoms with Crippen LogP contribution in [0.1, 0.15) is 32.3 Å². The number of rotatable bonds is 7. The minimum absolute atomic E-state index is 0.0493. The molecular formula is C25H27N3O2S. The quantitative estimate of drug-likeness (QED) is 0.369. The van der Waals surface area contributed by atoms with E-state index in [1.807, 2.05) is 85.8 Å². The van der Waals surface area contributed by atoms with Crippen molar-refractivity contribution in [3.8, 4) is 0 Å². The predicted molar refractivity (Wildman–Crippen MR) is 130 cm³/mol.